The third-order valence-corrected chi connectivity index (χ3v) is 4.11. The molecule has 27 heavy (non-hydrogen) atoms. The SMILES string of the molecule is C=Nc1ccc(Nc2nccn3c(-c4cnn(C)c4)cnc23)cc1N=CC. The zero-order chi connectivity index (χ0) is 18.8. The molecule has 4 aromatic rings. The predicted octanol–water partition coefficient (Wildman–Crippen LogP) is 3.93. The van der Waals surface area contributed by atoms with Crippen molar-refractivity contribution in [2.24, 2.45) is 17.0 Å². The maximum Gasteiger partial charge on any atom is 0.180 e. The van der Waals surface area contributed by atoms with Crippen LogP contribution in [0, 0.1) is 0 Å². The van der Waals surface area contributed by atoms with E-state index in [1.165, 1.54) is 0 Å². The van der Waals surface area contributed by atoms with E-state index in [4.69, 9.17) is 0 Å². The van der Waals surface area contributed by atoms with E-state index in [1.807, 2.05) is 61.4 Å². The van der Waals surface area contributed by atoms with E-state index in [0.717, 1.165) is 34.0 Å². The van der Waals surface area contributed by atoms with E-state index in [-0.39, 0.29) is 0 Å². The van der Waals surface area contributed by atoms with E-state index in [0.29, 0.717) is 5.82 Å². The molecule has 0 amide bonds. The summed E-state index contributed by atoms with van der Waals surface area (Å²) >= 11 is 0. The quantitative estimate of drug-likeness (QED) is 0.548. The largest absolute Gasteiger partial charge is 0.337 e. The molecule has 0 atom stereocenters. The molecule has 1 N–H and O–H groups in total. The first-order chi connectivity index (χ1) is 13.2. The fourth-order valence-corrected chi connectivity index (χ4v) is 2.89. The summed E-state index contributed by atoms with van der Waals surface area (Å²) in [6.07, 6.45) is 10.9. The number of fused-ring (bicyclic) bond motifs is 1. The van der Waals surface area contributed by atoms with Crippen molar-refractivity contribution in [3.8, 4) is 11.3 Å². The molecular formula is C19H18N8. The van der Waals surface area contributed by atoms with Crippen LogP contribution in [0.15, 0.2) is 59.2 Å². The lowest BCUT2D eigenvalue weighted by Gasteiger charge is -2.09. The smallest absolute Gasteiger partial charge is 0.180 e. The zero-order valence-electron chi connectivity index (χ0n) is 15.0. The van der Waals surface area contributed by atoms with Crippen LogP contribution in [0.3, 0.4) is 0 Å². The number of aliphatic imine (C=N–C) groups is 2. The second kappa shape index (κ2) is 6.83. The van der Waals surface area contributed by atoms with E-state index >= 15 is 0 Å². The molecule has 0 saturated carbocycles. The minimum absolute atomic E-state index is 0.651. The number of aromatic nitrogens is 5. The highest BCUT2D eigenvalue weighted by Gasteiger charge is 2.12. The van der Waals surface area contributed by atoms with Gasteiger partial charge in [0.2, 0.25) is 0 Å². The molecule has 0 aliphatic carbocycles. The molecule has 134 valence electrons. The monoisotopic (exact) mass is 358 g/mol. The second-order valence-electron chi connectivity index (χ2n) is 5.89. The molecule has 0 aliphatic rings. The molecule has 0 radical (unpaired) electrons. The minimum Gasteiger partial charge on any atom is -0.337 e. The molecule has 8 heteroatoms. The molecule has 1 aromatic carbocycles. The maximum absolute atomic E-state index is 4.54. The lowest BCUT2D eigenvalue weighted by Crippen LogP contribution is -1.98. The number of nitrogens with one attached hydrogen (secondary N) is 1. The van der Waals surface area contributed by atoms with Crippen molar-refractivity contribution in [1.29, 1.82) is 0 Å². The number of hydrogen-bond acceptors (Lipinski definition) is 6. The summed E-state index contributed by atoms with van der Waals surface area (Å²) in [5, 5.41) is 7.55. The first-order valence-corrected chi connectivity index (χ1v) is 8.37. The number of hydrogen-bond donors (Lipinski definition) is 1. The standard InChI is InChI=1S/C19H18N8/c1-4-21-16-9-14(5-6-15(16)20-2)25-18-19-23-11-17(27(19)8-7-22-18)13-10-24-26(3)12-13/h4-12H,2H2,1,3H3,(H,22,25). The zero-order valence-corrected chi connectivity index (χ0v) is 15.0. The second-order valence-corrected chi connectivity index (χ2v) is 5.89. The van der Waals surface area contributed by atoms with Gasteiger partial charge in [-0.05, 0) is 31.8 Å². The molecule has 3 heterocycles. The average molecular weight is 358 g/mol. The van der Waals surface area contributed by atoms with Gasteiger partial charge in [-0.25, -0.2) is 9.97 Å². The average Bonchev–Trinajstić information content (AvgIpc) is 3.29. The Kier molecular flexibility index (Phi) is 4.21. The highest BCUT2D eigenvalue weighted by molar-refractivity contribution is 5.79. The highest BCUT2D eigenvalue weighted by atomic mass is 15.2. The van der Waals surface area contributed by atoms with Crippen molar-refractivity contribution in [3.63, 3.8) is 0 Å². The Labute approximate surface area is 156 Å². The van der Waals surface area contributed by atoms with Crippen molar-refractivity contribution in [2.75, 3.05) is 5.32 Å². The van der Waals surface area contributed by atoms with Gasteiger partial charge < -0.3 is 5.32 Å². The highest BCUT2D eigenvalue weighted by Crippen LogP contribution is 2.32. The number of imidazole rings is 1. The number of anilines is 2. The van der Waals surface area contributed by atoms with Gasteiger partial charge in [0.25, 0.3) is 0 Å². The van der Waals surface area contributed by atoms with Crippen molar-refractivity contribution >= 4 is 41.5 Å². The van der Waals surface area contributed by atoms with Crippen LogP contribution in [0.1, 0.15) is 6.92 Å². The first kappa shape index (κ1) is 16.6. The van der Waals surface area contributed by atoms with Crippen molar-refractivity contribution in [3.05, 3.63) is 49.2 Å². The van der Waals surface area contributed by atoms with E-state index < -0.39 is 0 Å². The van der Waals surface area contributed by atoms with Gasteiger partial charge >= 0.3 is 0 Å². The summed E-state index contributed by atoms with van der Waals surface area (Å²) in [5.41, 5.74) is 4.97. The fraction of sp³-hybridized carbons (Fsp3) is 0.105. The third kappa shape index (κ3) is 3.08. The van der Waals surface area contributed by atoms with Gasteiger partial charge in [0, 0.05) is 43.1 Å². The van der Waals surface area contributed by atoms with Gasteiger partial charge in [-0.3, -0.25) is 19.1 Å². The summed E-state index contributed by atoms with van der Waals surface area (Å²) in [5.74, 6) is 0.651. The van der Waals surface area contributed by atoms with E-state index in [2.05, 4.69) is 37.1 Å². The Bertz CT molecular complexity index is 1150. The van der Waals surface area contributed by atoms with Crippen LogP contribution in [0.5, 0.6) is 0 Å². The Morgan fingerprint density at radius 3 is 2.81 bits per heavy atom. The van der Waals surface area contributed by atoms with Gasteiger partial charge in [-0.1, -0.05) is 0 Å². The van der Waals surface area contributed by atoms with E-state index in [9.17, 15) is 0 Å². The van der Waals surface area contributed by atoms with Crippen molar-refractivity contribution < 1.29 is 0 Å². The molecule has 0 saturated heterocycles. The molecule has 0 fully saturated rings. The van der Waals surface area contributed by atoms with Gasteiger partial charge in [-0.15, -0.1) is 0 Å². The Hall–Kier alpha value is -3.81. The Morgan fingerprint density at radius 2 is 2.07 bits per heavy atom. The molecule has 8 nitrogen and oxygen atoms in total. The minimum atomic E-state index is 0.651. The number of aryl methyl sites for hydroxylation is 1. The molecule has 3 aromatic heterocycles. The summed E-state index contributed by atoms with van der Waals surface area (Å²) in [6.45, 7) is 5.45. The lowest BCUT2D eigenvalue weighted by atomic mass is 10.2. The molecule has 4 rings (SSSR count). The van der Waals surface area contributed by atoms with Crippen LogP contribution in [0.2, 0.25) is 0 Å². The normalized spacial score (nSPS) is 11.3. The molecule has 0 unspecified atom stereocenters. The van der Waals surface area contributed by atoms with Gasteiger partial charge in [0.1, 0.15) is 0 Å². The number of rotatable bonds is 5. The van der Waals surface area contributed by atoms with Crippen LogP contribution in [0.25, 0.3) is 16.9 Å². The molecule has 0 bridgehead atoms. The predicted molar refractivity (Wildman–Crippen MR) is 108 cm³/mol. The summed E-state index contributed by atoms with van der Waals surface area (Å²) in [6, 6.07) is 5.68. The van der Waals surface area contributed by atoms with E-state index in [1.54, 1.807) is 17.1 Å². The fourth-order valence-electron chi connectivity index (χ4n) is 2.89. The lowest BCUT2D eigenvalue weighted by molar-refractivity contribution is 0.768. The van der Waals surface area contributed by atoms with Gasteiger partial charge in [0.05, 0.1) is 29.5 Å². The van der Waals surface area contributed by atoms with Crippen LogP contribution in [0.4, 0.5) is 22.9 Å². The maximum atomic E-state index is 4.54. The van der Waals surface area contributed by atoms with Crippen molar-refractivity contribution in [1.82, 2.24) is 24.1 Å². The number of nitrogens with zero attached hydrogens (tertiary/aromatic N) is 7. The number of benzene rings is 1. The summed E-state index contributed by atoms with van der Waals surface area (Å²) < 4.78 is 3.75. The van der Waals surface area contributed by atoms with Crippen LogP contribution < -0.4 is 5.32 Å². The van der Waals surface area contributed by atoms with Crippen molar-refractivity contribution in [2.45, 2.75) is 6.92 Å². The summed E-state index contributed by atoms with van der Waals surface area (Å²) in [4.78, 5) is 17.3. The van der Waals surface area contributed by atoms with Crippen LogP contribution >= 0.6 is 0 Å². The van der Waals surface area contributed by atoms with Gasteiger partial charge in [0.15, 0.2) is 11.5 Å². The molecule has 0 spiro atoms. The van der Waals surface area contributed by atoms with Crippen LogP contribution in [-0.2, 0) is 7.05 Å². The molecule has 0 aliphatic heterocycles. The first-order valence-electron chi connectivity index (χ1n) is 8.37. The summed E-state index contributed by atoms with van der Waals surface area (Å²) in [7, 11) is 1.89. The molecular weight excluding hydrogens is 340 g/mol. The Balaban J connectivity index is 1.74. The van der Waals surface area contributed by atoms with Crippen LogP contribution in [-0.4, -0.2) is 37.1 Å². The van der Waals surface area contributed by atoms with Gasteiger partial charge in [-0.2, -0.15) is 5.10 Å². The topological polar surface area (TPSA) is 84.8 Å². The third-order valence-electron chi connectivity index (χ3n) is 4.11. The Morgan fingerprint density at radius 1 is 1.19 bits per heavy atom.